The Labute approximate surface area is 132 Å². The van der Waals surface area contributed by atoms with Crippen LogP contribution in [-0.4, -0.2) is 29.6 Å². The van der Waals surface area contributed by atoms with Gasteiger partial charge in [0, 0.05) is 24.7 Å². The number of nitrogens with zero attached hydrogens (tertiary/aromatic N) is 4. The maximum absolute atomic E-state index is 12.2. The molecule has 1 aliphatic heterocycles. The van der Waals surface area contributed by atoms with Crippen LogP contribution in [0, 0.1) is 22.2 Å². The molecule has 1 aliphatic rings. The number of nitroso groups, excluding NO2 is 1. The molecule has 7 nitrogen and oxygen atoms in total. The number of nitrogens with one attached hydrogen (secondary N) is 1. The Hall–Kier alpha value is -2.75. The summed E-state index contributed by atoms with van der Waals surface area (Å²) in [4.78, 5) is 31.3. The molecule has 0 spiro atoms. The topological polar surface area (TPSA) is 102 Å². The monoisotopic (exact) mass is 311 g/mol. The fraction of sp³-hybridized carbons (Fsp3) is 0.438. The van der Waals surface area contributed by atoms with Gasteiger partial charge in [-0.25, -0.2) is 0 Å². The first-order valence-electron chi connectivity index (χ1n) is 7.68. The minimum Gasteiger partial charge on any atom is -0.370 e. The molecule has 23 heavy (non-hydrogen) atoms. The number of pyridine rings is 2. The van der Waals surface area contributed by atoms with Crippen LogP contribution in [0.4, 0.5) is 5.69 Å². The molecule has 7 heteroatoms. The van der Waals surface area contributed by atoms with Crippen LogP contribution < -0.4 is 10.5 Å². The van der Waals surface area contributed by atoms with Gasteiger partial charge in [0.1, 0.15) is 11.6 Å². The summed E-state index contributed by atoms with van der Waals surface area (Å²) in [5, 5.41) is 13.2. The van der Waals surface area contributed by atoms with Crippen molar-refractivity contribution < 1.29 is 0 Å². The molecule has 3 heterocycles. The van der Waals surface area contributed by atoms with Crippen LogP contribution in [0.15, 0.2) is 28.4 Å². The van der Waals surface area contributed by atoms with E-state index in [0.29, 0.717) is 23.7 Å². The molecule has 0 saturated carbocycles. The van der Waals surface area contributed by atoms with Crippen LogP contribution in [0.2, 0.25) is 0 Å². The minimum atomic E-state index is -0.379. The number of fused-ring (bicyclic) bond motifs is 1. The zero-order valence-corrected chi connectivity index (χ0v) is 12.7. The van der Waals surface area contributed by atoms with Crippen molar-refractivity contribution in [3.63, 3.8) is 0 Å². The maximum Gasteiger partial charge on any atom is 0.268 e. The summed E-state index contributed by atoms with van der Waals surface area (Å²) in [5.74, 6) is 0.476. The SMILES string of the molecule is N#Cc1c(N2CCC(CCN=O)CC2)c2ccncc2[nH]c1=O. The van der Waals surface area contributed by atoms with E-state index >= 15 is 0 Å². The lowest BCUT2D eigenvalue weighted by atomic mass is 9.93. The van der Waals surface area contributed by atoms with Gasteiger partial charge in [0.25, 0.3) is 5.56 Å². The van der Waals surface area contributed by atoms with Gasteiger partial charge in [0.15, 0.2) is 0 Å². The van der Waals surface area contributed by atoms with Gasteiger partial charge in [0.2, 0.25) is 0 Å². The van der Waals surface area contributed by atoms with Gasteiger partial charge < -0.3 is 9.88 Å². The van der Waals surface area contributed by atoms with E-state index in [0.717, 1.165) is 37.7 Å². The van der Waals surface area contributed by atoms with Crippen molar-refractivity contribution in [1.82, 2.24) is 9.97 Å². The van der Waals surface area contributed by atoms with Crippen LogP contribution >= 0.6 is 0 Å². The number of H-pyrrole nitrogens is 1. The first kappa shape index (κ1) is 15.2. The summed E-state index contributed by atoms with van der Waals surface area (Å²) in [6.07, 6.45) is 5.93. The van der Waals surface area contributed by atoms with E-state index in [2.05, 4.69) is 20.0 Å². The lowest BCUT2D eigenvalue weighted by Gasteiger charge is -2.34. The summed E-state index contributed by atoms with van der Waals surface area (Å²) in [5.41, 5.74) is 1.10. The molecule has 1 N–H and O–H groups in total. The van der Waals surface area contributed by atoms with Crippen LogP contribution in [0.25, 0.3) is 10.9 Å². The van der Waals surface area contributed by atoms with Gasteiger partial charge in [-0.15, -0.1) is 0 Å². The van der Waals surface area contributed by atoms with E-state index in [1.165, 1.54) is 0 Å². The van der Waals surface area contributed by atoms with Crippen LogP contribution in [-0.2, 0) is 0 Å². The summed E-state index contributed by atoms with van der Waals surface area (Å²) >= 11 is 0. The molecule has 2 aromatic heterocycles. The maximum atomic E-state index is 12.2. The van der Waals surface area contributed by atoms with Gasteiger partial charge >= 0.3 is 0 Å². The summed E-state index contributed by atoms with van der Waals surface area (Å²) < 4.78 is 0. The Balaban J connectivity index is 1.95. The molecular weight excluding hydrogens is 294 g/mol. The van der Waals surface area contributed by atoms with Crippen LogP contribution in [0.1, 0.15) is 24.8 Å². The molecule has 0 aromatic carbocycles. The summed E-state index contributed by atoms with van der Waals surface area (Å²) in [6.45, 7) is 1.88. The second-order valence-electron chi connectivity index (χ2n) is 5.78. The van der Waals surface area contributed by atoms with E-state index < -0.39 is 0 Å². The molecule has 0 unspecified atom stereocenters. The molecule has 3 rings (SSSR count). The van der Waals surface area contributed by atoms with Crippen LogP contribution in [0.3, 0.4) is 0 Å². The lowest BCUT2D eigenvalue weighted by molar-refractivity contribution is 0.386. The Morgan fingerprint density at radius 3 is 2.91 bits per heavy atom. The van der Waals surface area contributed by atoms with Crippen molar-refractivity contribution in [1.29, 1.82) is 5.26 Å². The smallest absolute Gasteiger partial charge is 0.268 e. The van der Waals surface area contributed by atoms with E-state index in [9.17, 15) is 15.0 Å². The molecule has 0 aliphatic carbocycles. The van der Waals surface area contributed by atoms with Gasteiger partial charge in [-0.2, -0.15) is 10.2 Å². The summed E-state index contributed by atoms with van der Waals surface area (Å²) in [6, 6.07) is 3.86. The van der Waals surface area contributed by atoms with Crippen molar-refractivity contribution in [2.24, 2.45) is 11.1 Å². The Kier molecular flexibility index (Phi) is 4.33. The fourth-order valence-corrected chi connectivity index (χ4v) is 3.24. The second-order valence-corrected chi connectivity index (χ2v) is 5.78. The van der Waals surface area contributed by atoms with Gasteiger partial charge in [-0.05, 0) is 31.2 Å². The third-order valence-corrected chi connectivity index (χ3v) is 4.46. The van der Waals surface area contributed by atoms with E-state index in [1.54, 1.807) is 12.4 Å². The first-order valence-corrected chi connectivity index (χ1v) is 7.68. The number of nitriles is 1. The molecule has 1 fully saturated rings. The van der Waals surface area contributed by atoms with Crippen molar-refractivity contribution in [2.75, 3.05) is 24.5 Å². The molecule has 0 amide bonds. The van der Waals surface area contributed by atoms with E-state index in [-0.39, 0.29) is 11.1 Å². The van der Waals surface area contributed by atoms with Gasteiger partial charge in [0.05, 0.1) is 23.9 Å². The number of aromatic amines is 1. The zero-order chi connectivity index (χ0) is 16.2. The summed E-state index contributed by atoms with van der Waals surface area (Å²) in [7, 11) is 0. The second kappa shape index (κ2) is 6.57. The quantitative estimate of drug-likeness (QED) is 0.872. The highest BCUT2D eigenvalue weighted by atomic mass is 16.3. The lowest BCUT2D eigenvalue weighted by Crippen LogP contribution is -2.35. The number of rotatable bonds is 4. The number of hydrogen-bond acceptors (Lipinski definition) is 6. The molecule has 1 saturated heterocycles. The molecular formula is C16H17N5O2. The third kappa shape index (κ3) is 2.93. The predicted molar refractivity (Wildman–Crippen MR) is 87.3 cm³/mol. The van der Waals surface area contributed by atoms with Gasteiger partial charge in [-0.3, -0.25) is 9.78 Å². The average molecular weight is 311 g/mol. The van der Waals surface area contributed by atoms with E-state index in [1.807, 2.05) is 12.1 Å². The fourth-order valence-electron chi connectivity index (χ4n) is 3.24. The normalized spacial score (nSPS) is 15.5. The number of anilines is 1. The molecule has 0 radical (unpaired) electrons. The molecule has 2 aromatic rings. The standard InChI is InChI=1S/C16H17N5O2/c17-9-13-15(12-2-5-18-10-14(12)20-16(13)22)21-7-3-11(4-8-21)1-6-19-23/h2,5,10-11H,1,3-4,6-8H2,(H,20,22). The average Bonchev–Trinajstić information content (AvgIpc) is 2.59. The molecule has 0 bridgehead atoms. The highest BCUT2D eigenvalue weighted by Gasteiger charge is 2.24. The Morgan fingerprint density at radius 1 is 1.43 bits per heavy atom. The number of piperidine rings is 1. The van der Waals surface area contributed by atoms with Crippen molar-refractivity contribution in [2.45, 2.75) is 19.3 Å². The molecule has 118 valence electrons. The minimum absolute atomic E-state index is 0.150. The third-order valence-electron chi connectivity index (χ3n) is 4.46. The Morgan fingerprint density at radius 2 is 2.22 bits per heavy atom. The first-order chi connectivity index (χ1) is 11.2. The zero-order valence-electron chi connectivity index (χ0n) is 12.7. The Bertz CT molecular complexity index is 815. The van der Waals surface area contributed by atoms with Crippen molar-refractivity contribution >= 4 is 16.6 Å². The highest BCUT2D eigenvalue weighted by Crippen LogP contribution is 2.31. The molecule has 0 atom stereocenters. The largest absolute Gasteiger partial charge is 0.370 e. The number of aromatic nitrogens is 2. The predicted octanol–water partition coefficient (Wildman–Crippen LogP) is 2.17. The van der Waals surface area contributed by atoms with Crippen LogP contribution in [0.5, 0.6) is 0 Å². The number of hydrogen-bond donors (Lipinski definition) is 1. The van der Waals surface area contributed by atoms with E-state index in [4.69, 9.17) is 0 Å². The van der Waals surface area contributed by atoms with Crippen molar-refractivity contribution in [3.8, 4) is 6.07 Å². The van der Waals surface area contributed by atoms with Crippen molar-refractivity contribution in [3.05, 3.63) is 39.3 Å². The highest BCUT2D eigenvalue weighted by molar-refractivity contribution is 5.93. The van der Waals surface area contributed by atoms with Gasteiger partial charge in [-0.1, -0.05) is 5.18 Å².